The fourth-order valence-electron chi connectivity index (χ4n) is 2.63. The van der Waals surface area contributed by atoms with Crippen molar-refractivity contribution >= 4 is 17.7 Å². The Kier molecular flexibility index (Phi) is 5.73. The number of carbonyl (C=O) groups is 3. The zero-order valence-corrected chi connectivity index (χ0v) is 14.0. The highest BCUT2D eigenvalue weighted by Gasteiger charge is 2.32. The number of benzene rings is 1. The summed E-state index contributed by atoms with van der Waals surface area (Å²) in [6, 6.07) is 6.99. The Morgan fingerprint density at radius 1 is 1.33 bits per heavy atom. The van der Waals surface area contributed by atoms with Gasteiger partial charge in [0.05, 0.1) is 6.04 Å². The molecule has 0 aromatic heterocycles. The number of nitrogens with one attached hydrogen (secondary N) is 2. The molecule has 0 aliphatic carbocycles. The lowest BCUT2D eigenvalue weighted by Crippen LogP contribution is -2.38. The molecule has 3 amide bonds. The first kappa shape index (κ1) is 17.7. The van der Waals surface area contributed by atoms with Gasteiger partial charge >= 0.3 is 0 Å². The van der Waals surface area contributed by atoms with E-state index in [1.165, 1.54) is 6.08 Å². The molecule has 1 aromatic carbocycles. The zero-order valence-electron chi connectivity index (χ0n) is 14.0. The average Bonchev–Trinajstić information content (AvgIpc) is 2.93. The van der Waals surface area contributed by atoms with E-state index in [1.54, 1.807) is 29.2 Å². The van der Waals surface area contributed by atoms with Gasteiger partial charge in [-0.25, -0.2) is 0 Å². The van der Waals surface area contributed by atoms with E-state index in [0.29, 0.717) is 25.1 Å². The van der Waals surface area contributed by atoms with Crippen molar-refractivity contribution in [3.63, 3.8) is 0 Å². The van der Waals surface area contributed by atoms with Crippen LogP contribution in [0.4, 0.5) is 0 Å². The molecule has 1 saturated heterocycles. The molecular formula is C18H23N3O3. The first-order valence-corrected chi connectivity index (χ1v) is 8.00. The number of likely N-dealkylation sites (tertiary alicyclic amines) is 1. The Hall–Kier alpha value is -2.63. The topological polar surface area (TPSA) is 78.5 Å². The van der Waals surface area contributed by atoms with Gasteiger partial charge in [-0.2, -0.15) is 0 Å². The summed E-state index contributed by atoms with van der Waals surface area (Å²) in [5.41, 5.74) is 1.42. The van der Waals surface area contributed by atoms with Gasteiger partial charge in [0.1, 0.15) is 0 Å². The summed E-state index contributed by atoms with van der Waals surface area (Å²) in [5.74, 6) is -0.360. The Balaban J connectivity index is 1.90. The second-order valence-corrected chi connectivity index (χ2v) is 6.13. The molecule has 1 fully saturated rings. The molecule has 0 saturated carbocycles. The van der Waals surface area contributed by atoms with Crippen LogP contribution < -0.4 is 10.6 Å². The van der Waals surface area contributed by atoms with Gasteiger partial charge in [-0.3, -0.25) is 14.4 Å². The lowest BCUT2D eigenvalue weighted by molar-refractivity contribution is -0.129. The van der Waals surface area contributed by atoms with Crippen LogP contribution >= 0.6 is 0 Å². The highest BCUT2D eigenvalue weighted by atomic mass is 16.2. The minimum Gasteiger partial charge on any atom is -0.348 e. The molecule has 6 heteroatoms. The summed E-state index contributed by atoms with van der Waals surface area (Å²) in [5, 5.41) is 5.58. The van der Waals surface area contributed by atoms with Crippen molar-refractivity contribution in [2.75, 3.05) is 6.54 Å². The van der Waals surface area contributed by atoms with E-state index in [2.05, 4.69) is 17.2 Å². The van der Waals surface area contributed by atoms with Crippen LogP contribution in [-0.4, -0.2) is 41.2 Å². The molecule has 1 aromatic rings. The monoisotopic (exact) mass is 329 g/mol. The number of hydrogen-bond acceptors (Lipinski definition) is 3. The van der Waals surface area contributed by atoms with Crippen molar-refractivity contribution in [2.24, 2.45) is 0 Å². The normalized spacial score (nSPS) is 17.0. The molecule has 1 aliphatic rings. The maximum Gasteiger partial charge on any atom is 0.251 e. The van der Waals surface area contributed by atoms with Gasteiger partial charge in [0.15, 0.2) is 0 Å². The van der Waals surface area contributed by atoms with Gasteiger partial charge in [0, 0.05) is 31.1 Å². The maximum atomic E-state index is 12.3. The molecular weight excluding hydrogens is 306 g/mol. The quantitative estimate of drug-likeness (QED) is 0.771. The van der Waals surface area contributed by atoms with Crippen LogP contribution in [0.2, 0.25) is 0 Å². The third-order valence-corrected chi connectivity index (χ3v) is 3.99. The van der Waals surface area contributed by atoms with Crippen molar-refractivity contribution in [3.8, 4) is 0 Å². The number of carbonyl (C=O) groups excluding carboxylic acids is 3. The molecule has 0 spiro atoms. The minimum absolute atomic E-state index is 0.0728. The molecule has 0 bridgehead atoms. The number of hydrogen-bond donors (Lipinski definition) is 2. The lowest BCUT2D eigenvalue weighted by atomic mass is 10.1. The van der Waals surface area contributed by atoms with E-state index in [1.807, 2.05) is 13.8 Å². The predicted octanol–water partition coefficient (Wildman–Crippen LogP) is 1.23. The Morgan fingerprint density at radius 2 is 2.00 bits per heavy atom. The second-order valence-electron chi connectivity index (χ2n) is 6.13. The Bertz CT molecular complexity index is 637. The van der Waals surface area contributed by atoms with E-state index in [9.17, 15) is 14.4 Å². The van der Waals surface area contributed by atoms with Gasteiger partial charge in [-0.15, -0.1) is 0 Å². The SMILES string of the molecule is C=CC(=O)NCc1ccc(C(=O)NC2CC(=O)N(C(C)C)C2)cc1. The van der Waals surface area contributed by atoms with Crippen molar-refractivity contribution < 1.29 is 14.4 Å². The summed E-state index contributed by atoms with van der Waals surface area (Å²) < 4.78 is 0. The summed E-state index contributed by atoms with van der Waals surface area (Å²) in [6.07, 6.45) is 1.56. The molecule has 1 unspecified atom stereocenters. The molecule has 2 N–H and O–H groups in total. The van der Waals surface area contributed by atoms with E-state index < -0.39 is 0 Å². The molecule has 2 rings (SSSR count). The highest BCUT2D eigenvalue weighted by molar-refractivity contribution is 5.95. The van der Waals surface area contributed by atoms with Gasteiger partial charge in [-0.1, -0.05) is 18.7 Å². The van der Waals surface area contributed by atoms with Gasteiger partial charge in [0.2, 0.25) is 11.8 Å². The van der Waals surface area contributed by atoms with E-state index in [-0.39, 0.29) is 29.8 Å². The van der Waals surface area contributed by atoms with Crippen LogP contribution in [0.3, 0.4) is 0 Å². The number of rotatable bonds is 6. The third kappa shape index (κ3) is 4.44. The van der Waals surface area contributed by atoms with Gasteiger partial charge in [-0.05, 0) is 37.6 Å². The molecule has 1 heterocycles. The average molecular weight is 329 g/mol. The largest absolute Gasteiger partial charge is 0.348 e. The van der Waals surface area contributed by atoms with Crippen LogP contribution in [0.25, 0.3) is 0 Å². The standard InChI is InChI=1S/C18H23N3O3/c1-4-16(22)19-10-13-5-7-14(8-6-13)18(24)20-15-9-17(23)21(11-15)12(2)3/h4-8,12,15H,1,9-11H2,2-3H3,(H,19,22)(H,20,24). The smallest absolute Gasteiger partial charge is 0.251 e. The number of amides is 3. The summed E-state index contributed by atoms with van der Waals surface area (Å²) >= 11 is 0. The predicted molar refractivity (Wildman–Crippen MR) is 91.2 cm³/mol. The van der Waals surface area contributed by atoms with Crippen molar-refractivity contribution in [1.82, 2.24) is 15.5 Å². The molecule has 6 nitrogen and oxygen atoms in total. The summed E-state index contributed by atoms with van der Waals surface area (Å²) in [4.78, 5) is 37.1. The second kappa shape index (κ2) is 7.77. The zero-order chi connectivity index (χ0) is 17.7. The molecule has 1 atom stereocenters. The van der Waals surface area contributed by atoms with Crippen LogP contribution in [0.15, 0.2) is 36.9 Å². The third-order valence-electron chi connectivity index (χ3n) is 3.99. The minimum atomic E-state index is -0.238. The molecule has 1 aliphatic heterocycles. The molecule has 0 radical (unpaired) electrons. The van der Waals surface area contributed by atoms with E-state index >= 15 is 0 Å². The maximum absolute atomic E-state index is 12.3. The van der Waals surface area contributed by atoms with Crippen LogP contribution in [0.5, 0.6) is 0 Å². The van der Waals surface area contributed by atoms with E-state index in [4.69, 9.17) is 0 Å². The summed E-state index contributed by atoms with van der Waals surface area (Å²) in [7, 11) is 0. The van der Waals surface area contributed by atoms with Gasteiger partial charge in [0.25, 0.3) is 5.91 Å². The van der Waals surface area contributed by atoms with E-state index in [0.717, 1.165) is 5.56 Å². The lowest BCUT2D eigenvalue weighted by Gasteiger charge is -2.21. The van der Waals surface area contributed by atoms with Crippen molar-refractivity contribution in [1.29, 1.82) is 0 Å². The summed E-state index contributed by atoms with van der Waals surface area (Å²) in [6.45, 7) is 8.25. The first-order chi connectivity index (χ1) is 11.4. The molecule has 24 heavy (non-hydrogen) atoms. The van der Waals surface area contributed by atoms with Crippen LogP contribution in [-0.2, 0) is 16.1 Å². The molecule has 128 valence electrons. The van der Waals surface area contributed by atoms with Crippen LogP contribution in [0.1, 0.15) is 36.2 Å². The van der Waals surface area contributed by atoms with Crippen molar-refractivity contribution in [3.05, 3.63) is 48.0 Å². The Morgan fingerprint density at radius 3 is 2.54 bits per heavy atom. The number of nitrogens with zero attached hydrogens (tertiary/aromatic N) is 1. The first-order valence-electron chi connectivity index (χ1n) is 8.00. The van der Waals surface area contributed by atoms with Crippen molar-refractivity contribution in [2.45, 2.75) is 38.9 Å². The van der Waals surface area contributed by atoms with Gasteiger partial charge < -0.3 is 15.5 Å². The highest BCUT2D eigenvalue weighted by Crippen LogP contribution is 2.15. The fraction of sp³-hybridized carbons (Fsp3) is 0.389. The fourth-order valence-corrected chi connectivity index (χ4v) is 2.63. The van der Waals surface area contributed by atoms with Crippen LogP contribution in [0, 0.1) is 0 Å². The Labute approximate surface area is 141 Å².